The molecule has 0 spiro atoms. The fourth-order valence-electron chi connectivity index (χ4n) is 3.57. The van der Waals surface area contributed by atoms with Crippen molar-refractivity contribution in [1.82, 2.24) is 0 Å². The van der Waals surface area contributed by atoms with Crippen LogP contribution in [-0.4, -0.2) is 42.9 Å². The van der Waals surface area contributed by atoms with Crippen molar-refractivity contribution in [2.75, 3.05) is 31.9 Å². The molecule has 5 heteroatoms. The van der Waals surface area contributed by atoms with Gasteiger partial charge in [-0.2, -0.15) is 0 Å². The second kappa shape index (κ2) is 25.5. The number of aliphatic hydroxyl groups is 1. The summed E-state index contributed by atoms with van der Waals surface area (Å²) < 4.78 is 16.8. The maximum atomic E-state index is 7.57. The van der Waals surface area contributed by atoms with Gasteiger partial charge in [0.15, 0.2) is 0 Å². The third kappa shape index (κ3) is 23.6. The Kier molecular flexibility index (Phi) is 25.0. The molecule has 5 nitrogen and oxygen atoms in total. The van der Waals surface area contributed by atoms with E-state index in [4.69, 9.17) is 19.3 Å². The van der Waals surface area contributed by atoms with Crippen molar-refractivity contribution in [3.63, 3.8) is 0 Å². The van der Waals surface area contributed by atoms with Gasteiger partial charge in [0.1, 0.15) is 12.5 Å². The first-order valence-electron chi connectivity index (χ1n) is 16.3. The number of aliphatic hydroxyl groups excluding tert-OH is 1. The molecule has 2 aromatic rings. The molecule has 44 heavy (non-hydrogen) atoms. The fourth-order valence-corrected chi connectivity index (χ4v) is 3.57. The van der Waals surface area contributed by atoms with Gasteiger partial charge in [-0.3, -0.25) is 0 Å². The zero-order valence-electron chi connectivity index (χ0n) is 30.2. The van der Waals surface area contributed by atoms with Crippen LogP contribution in [0.4, 0.5) is 5.69 Å². The van der Waals surface area contributed by atoms with Gasteiger partial charge in [-0.05, 0) is 121 Å². The van der Waals surface area contributed by atoms with Crippen molar-refractivity contribution >= 4 is 5.69 Å². The molecular weight excluding hydrogens is 546 g/mol. The minimum atomic E-state index is -0.160. The van der Waals surface area contributed by atoms with Crippen molar-refractivity contribution in [1.29, 1.82) is 0 Å². The van der Waals surface area contributed by atoms with Gasteiger partial charge in [-0.15, -0.1) is 0 Å². The first-order valence-corrected chi connectivity index (χ1v) is 16.3. The van der Waals surface area contributed by atoms with Crippen LogP contribution in [0.5, 0.6) is 0 Å². The maximum absolute atomic E-state index is 7.57. The number of nitrogens with one attached hydrogen (secondary N) is 1. The summed E-state index contributed by atoms with van der Waals surface area (Å²) in [5.41, 5.74) is 5.98. The Morgan fingerprint density at radius 3 is 1.89 bits per heavy atom. The van der Waals surface area contributed by atoms with Gasteiger partial charge in [0.2, 0.25) is 0 Å². The van der Waals surface area contributed by atoms with Crippen molar-refractivity contribution in [3.05, 3.63) is 90.2 Å². The number of ether oxygens (including phenoxy) is 3. The summed E-state index contributed by atoms with van der Waals surface area (Å²) in [5, 5.41) is 11.0. The zero-order valence-corrected chi connectivity index (χ0v) is 30.2. The monoisotopic (exact) mass is 611 g/mol. The minimum absolute atomic E-state index is 0.0503. The molecule has 250 valence electrons. The Labute approximate surface area is 271 Å². The fraction of sp³-hybridized carbons (Fsp3) is 0.538. The van der Waals surface area contributed by atoms with Crippen LogP contribution in [0.15, 0.2) is 79.1 Å². The van der Waals surface area contributed by atoms with E-state index in [-0.39, 0.29) is 17.8 Å². The summed E-state index contributed by atoms with van der Waals surface area (Å²) in [6, 6.07) is 15.4. The largest absolute Gasteiger partial charge is 0.494 e. The molecule has 0 saturated heterocycles. The van der Waals surface area contributed by atoms with E-state index in [0.717, 1.165) is 37.3 Å². The van der Waals surface area contributed by atoms with Crippen molar-refractivity contribution in [2.45, 2.75) is 114 Å². The van der Waals surface area contributed by atoms with E-state index < -0.39 is 0 Å². The molecule has 0 bridgehead atoms. The highest BCUT2D eigenvalue weighted by Gasteiger charge is 2.10. The number of anilines is 1. The molecule has 0 amide bonds. The molecule has 2 rings (SSSR count). The van der Waals surface area contributed by atoms with Gasteiger partial charge in [-0.25, -0.2) is 0 Å². The topological polar surface area (TPSA) is 60.0 Å². The molecule has 2 aromatic carbocycles. The number of aryl methyl sites for hydroxylation is 1. The third-order valence-electron chi connectivity index (χ3n) is 5.44. The number of hydrogen-bond acceptors (Lipinski definition) is 5. The van der Waals surface area contributed by atoms with Crippen LogP contribution >= 0.6 is 0 Å². The van der Waals surface area contributed by atoms with E-state index in [9.17, 15) is 0 Å². The van der Waals surface area contributed by atoms with Crippen LogP contribution in [0.25, 0.3) is 11.1 Å². The van der Waals surface area contributed by atoms with E-state index in [1.54, 1.807) is 13.0 Å². The Balaban J connectivity index is 0. The van der Waals surface area contributed by atoms with Gasteiger partial charge in [0.05, 0.1) is 17.8 Å². The maximum Gasteiger partial charge on any atom is 0.118 e. The lowest BCUT2D eigenvalue weighted by atomic mass is 9.99. The molecule has 0 fully saturated rings. The molecule has 0 saturated carbocycles. The van der Waals surface area contributed by atoms with Gasteiger partial charge in [0.25, 0.3) is 0 Å². The molecule has 0 radical (unpaired) electrons. The second-order valence-corrected chi connectivity index (χ2v) is 11.7. The average molecular weight is 612 g/mol. The molecule has 0 aliphatic carbocycles. The van der Waals surface area contributed by atoms with E-state index in [2.05, 4.69) is 116 Å². The number of rotatable bonds is 13. The lowest BCUT2D eigenvalue weighted by Crippen LogP contribution is -2.23. The molecule has 0 atom stereocenters. The normalized spacial score (nSPS) is 11.3. The smallest absolute Gasteiger partial charge is 0.118 e. The summed E-state index contributed by atoms with van der Waals surface area (Å²) in [4.78, 5) is 0. The van der Waals surface area contributed by atoms with Gasteiger partial charge < -0.3 is 24.6 Å². The highest BCUT2D eigenvalue weighted by Crippen LogP contribution is 2.26. The molecule has 0 aromatic heterocycles. The number of allylic oxidation sites excluding steroid dienone is 4. The van der Waals surface area contributed by atoms with Crippen LogP contribution in [0.1, 0.15) is 101 Å². The van der Waals surface area contributed by atoms with Gasteiger partial charge in [0, 0.05) is 18.9 Å². The standard InChI is InChI=1S/C29H39NO2.C6H14O.C2H6O.C2H6/c1-7-11-28(31-18-8-2)13-10-12-24-14-16-25(17-15-24)26-19-23(9-3)20-27(21-26)30-22-32-29(4,5)6;1-5-7-6(2,3)4;1-2-3;1-2/h7,10-11,13-17,19-21,30H,1,8-9,12,18,22H2,2-6H3;5H2,1-4H3;3H,2H2,1H3;1-2H3/b13-10-,28-11+;;;. The van der Waals surface area contributed by atoms with Crippen LogP contribution in [0.2, 0.25) is 0 Å². The lowest BCUT2D eigenvalue weighted by molar-refractivity contribution is 0.00526. The van der Waals surface area contributed by atoms with Crippen molar-refractivity contribution in [2.24, 2.45) is 0 Å². The highest BCUT2D eigenvalue weighted by atomic mass is 16.5. The van der Waals surface area contributed by atoms with E-state index >= 15 is 0 Å². The van der Waals surface area contributed by atoms with Crippen LogP contribution in [0.3, 0.4) is 0 Å². The van der Waals surface area contributed by atoms with E-state index in [1.807, 2.05) is 32.9 Å². The SMILES string of the molecule is C=C/C=C(\C=C/Cc1ccc(-c2cc(CC)cc(NCOC(C)(C)C)c2)cc1)OCCC.CC.CCO.CCOC(C)(C)C. The molecule has 2 N–H and O–H groups in total. The molecule has 0 unspecified atom stereocenters. The number of hydrogen-bond donors (Lipinski definition) is 2. The quantitative estimate of drug-likeness (QED) is 0.134. The highest BCUT2D eigenvalue weighted by molar-refractivity contribution is 5.69. The number of benzene rings is 2. The Bertz CT molecular complexity index is 1040. The Morgan fingerprint density at radius 2 is 1.43 bits per heavy atom. The summed E-state index contributed by atoms with van der Waals surface area (Å²) in [6.07, 6.45) is 10.6. The first kappa shape index (κ1) is 43.3. The molecule has 0 heterocycles. The van der Waals surface area contributed by atoms with Crippen LogP contribution in [-0.2, 0) is 27.1 Å². The summed E-state index contributed by atoms with van der Waals surface area (Å²) >= 11 is 0. The Hall–Kier alpha value is -2.86. The molecule has 0 aliphatic heterocycles. The summed E-state index contributed by atoms with van der Waals surface area (Å²) in [6.45, 7) is 30.3. The molecule has 0 aliphatic rings. The second-order valence-electron chi connectivity index (χ2n) is 11.7. The zero-order chi connectivity index (χ0) is 34.0. The van der Waals surface area contributed by atoms with Gasteiger partial charge >= 0.3 is 0 Å². The van der Waals surface area contributed by atoms with E-state index in [1.165, 1.54) is 22.3 Å². The van der Waals surface area contributed by atoms with Crippen LogP contribution in [0, 0.1) is 0 Å². The van der Waals surface area contributed by atoms with Gasteiger partial charge in [-0.1, -0.05) is 76.8 Å². The average Bonchev–Trinajstić information content (AvgIpc) is 2.96. The first-order chi connectivity index (χ1) is 20.8. The third-order valence-corrected chi connectivity index (χ3v) is 5.44. The molecular formula is C39H65NO4. The predicted octanol–water partition coefficient (Wildman–Crippen LogP) is 10.5. The summed E-state index contributed by atoms with van der Waals surface area (Å²) in [7, 11) is 0. The predicted molar refractivity (Wildman–Crippen MR) is 193 cm³/mol. The minimum Gasteiger partial charge on any atom is -0.494 e. The van der Waals surface area contributed by atoms with E-state index in [0.29, 0.717) is 13.3 Å². The summed E-state index contributed by atoms with van der Waals surface area (Å²) in [5.74, 6) is 0.852. The van der Waals surface area contributed by atoms with Crippen LogP contribution < -0.4 is 5.32 Å². The van der Waals surface area contributed by atoms with Crippen molar-refractivity contribution < 1.29 is 19.3 Å². The Morgan fingerprint density at radius 1 is 0.841 bits per heavy atom. The van der Waals surface area contributed by atoms with Crippen molar-refractivity contribution in [3.8, 4) is 11.1 Å². The lowest BCUT2D eigenvalue weighted by Gasteiger charge is -2.20.